The van der Waals surface area contributed by atoms with Crippen LogP contribution in [0.1, 0.15) is 31.9 Å². The molecule has 0 aliphatic heterocycles. The van der Waals surface area contributed by atoms with Crippen molar-refractivity contribution in [3.05, 3.63) is 47.5 Å². The summed E-state index contributed by atoms with van der Waals surface area (Å²) >= 11 is 0. The number of benzene rings is 2. The first kappa shape index (κ1) is 19.6. The summed E-state index contributed by atoms with van der Waals surface area (Å²) in [5.74, 6) is 1.65. The van der Waals surface area contributed by atoms with Gasteiger partial charge in [-0.05, 0) is 36.1 Å². The maximum atomic E-state index is 12.3. The molecule has 0 saturated carbocycles. The van der Waals surface area contributed by atoms with Gasteiger partial charge in [0.1, 0.15) is 5.75 Å². The third kappa shape index (κ3) is 4.91. The van der Waals surface area contributed by atoms with Gasteiger partial charge in [0, 0.05) is 11.8 Å². The number of anilines is 1. The van der Waals surface area contributed by atoms with Gasteiger partial charge in [0.05, 0.1) is 14.2 Å². The molecule has 5 heteroatoms. The third-order valence-electron chi connectivity index (χ3n) is 3.97. The van der Waals surface area contributed by atoms with E-state index in [4.69, 9.17) is 14.2 Å². The molecule has 0 spiro atoms. The van der Waals surface area contributed by atoms with Gasteiger partial charge in [0.15, 0.2) is 18.1 Å². The van der Waals surface area contributed by atoms with Gasteiger partial charge in [-0.3, -0.25) is 4.79 Å². The minimum Gasteiger partial charge on any atom is -0.493 e. The van der Waals surface area contributed by atoms with E-state index in [0.717, 1.165) is 16.9 Å². The first-order valence-corrected chi connectivity index (χ1v) is 8.50. The Bertz CT molecular complexity index is 778. The highest BCUT2D eigenvalue weighted by Gasteiger charge is 2.19. The smallest absolute Gasteiger partial charge is 0.262 e. The molecular formula is C21H27NO4. The molecule has 0 saturated heterocycles. The molecule has 2 rings (SSSR count). The fourth-order valence-corrected chi connectivity index (χ4v) is 2.61. The Kier molecular flexibility index (Phi) is 6.14. The molecule has 0 fully saturated rings. The standard InChI is InChI=1S/C21H27NO4/c1-14-7-9-17(16(11-14)21(2,3)4)26-13-20(23)22-15-8-10-18(24-5)19(12-15)25-6/h7-12H,13H2,1-6H3,(H,22,23). The highest BCUT2D eigenvalue weighted by molar-refractivity contribution is 5.92. The summed E-state index contributed by atoms with van der Waals surface area (Å²) in [5, 5.41) is 2.81. The second kappa shape index (κ2) is 8.13. The Balaban J connectivity index is 2.06. The molecule has 1 amide bonds. The molecule has 0 aliphatic carbocycles. The topological polar surface area (TPSA) is 56.8 Å². The van der Waals surface area contributed by atoms with Gasteiger partial charge in [-0.1, -0.05) is 38.5 Å². The van der Waals surface area contributed by atoms with E-state index >= 15 is 0 Å². The van der Waals surface area contributed by atoms with Crippen LogP contribution >= 0.6 is 0 Å². The third-order valence-corrected chi connectivity index (χ3v) is 3.97. The normalized spacial score (nSPS) is 11.0. The number of aryl methyl sites for hydroxylation is 1. The molecule has 0 atom stereocenters. The second-order valence-electron chi connectivity index (χ2n) is 7.16. The largest absolute Gasteiger partial charge is 0.493 e. The van der Waals surface area contributed by atoms with Crippen LogP contribution in [-0.4, -0.2) is 26.7 Å². The zero-order valence-corrected chi connectivity index (χ0v) is 16.3. The van der Waals surface area contributed by atoms with Crippen LogP contribution in [0.15, 0.2) is 36.4 Å². The number of amides is 1. The Morgan fingerprint density at radius 2 is 1.62 bits per heavy atom. The lowest BCUT2D eigenvalue weighted by Gasteiger charge is -2.23. The van der Waals surface area contributed by atoms with E-state index in [0.29, 0.717) is 17.2 Å². The molecular weight excluding hydrogens is 330 g/mol. The summed E-state index contributed by atoms with van der Waals surface area (Å²) in [6.45, 7) is 8.35. The molecule has 0 aliphatic rings. The second-order valence-corrected chi connectivity index (χ2v) is 7.16. The predicted octanol–water partition coefficient (Wildman–Crippen LogP) is 4.33. The molecule has 0 bridgehead atoms. The first-order chi connectivity index (χ1) is 12.2. The number of methoxy groups -OCH3 is 2. The average molecular weight is 357 g/mol. The zero-order valence-electron chi connectivity index (χ0n) is 16.3. The van der Waals surface area contributed by atoms with Crippen LogP contribution in [0.2, 0.25) is 0 Å². The maximum Gasteiger partial charge on any atom is 0.262 e. The van der Waals surface area contributed by atoms with Crippen molar-refractivity contribution in [1.29, 1.82) is 0 Å². The molecule has 2 aromatic carbocycles. The maximum absolute atomic E-state index is 12.3. The molecule has 1 N–H and O–H groups in total. The SMILES string of the molecule is COc1ccc(NC(=O)COc2ccc(C)cc2C(C)(C)C)cc1OC. The highest BCUT2D eigenvalue weighted by atomic mass is 16.5. The molecule has 0 aromatic heterocycles. The van der Waals surface area contributed by atoms with Crippen molar-refractivity contribution in [3.8, 4) is 17.2 Å². The monoisotopic (exact) mass is 357 g/mol. The van der Waals surface area contributed by atoms with E-state index in [-0.39, 0.29) is 17.9 Å². The Morgan fingerprint density at radius 3 is 2.23 bits per heavy atom. The number of ether oxygens (including phenoxy) is 3. The average Bonchev–Trinajstić information content (AvgIpc) is 2.59. The van der Waals surface area contributed by atoms with Gasteiger partial charge >= 0.3 is 0 Å². The van der Waals surface area contributed by atoms with Gasteiger partial charge in [-0.25, -0.2) is 0 Å². The van der Waals surface area contributed by atoms with Crippen LogP contribution in [0, 0.1) is 6.92 Å². The van der Waals surface area contributed by atoms with E-state index in [2.05, 4.69) is 32.2 Å². The van der Waals surface area contributed by atoms with E-state index in [1.165, 1.54) is 0 Å². The van der Waals surface area contributed by atoms with Crippen molar-refractivity contribution in [2.24, 2.45) is 0 Å². The summed E-state index contributed by atoms with van der Waals surface area (Å²) < 4.78 is 16.2. The van der Waals surface area contributed by atoms with Crippen molar-refractivity contribution in [3.63, 3.8) is 0 Å². The number of hydrogen-bond donors (Lipinski definition) is 1. The summed E-state index contributed by atoms with van der Waals surface area (Å²) in [6, 6.07) is 11.2. The summed E-state index contributed by atoms with van der Waals surface area (Å²) in [6.07, 6.45) is 0. The lowest BCUT2D eigenvalue weighted by atomic mass is 9.85. The van der Waals surface area contributed by atoms with Crippen molar-refractivity contribution in [2.75, 3.05) is 26.1 Å². The minimum absolute atomic E-state index is 0.0683. The van der Waals surface area contributed by atoms with Crippen LogP contribution in [-0.2, 0) is 10.2 Å². The predicted molar refractivity (Wildman–Crippen MR) is 104 cm³/mol. The number of rotatable bonds is 6. The molecule has 0 unspecified atom stereocenters. The van der Waals surface area contributed by atoms with Crippen molar-refractivity contribution in [1.82, 2.24) is 0 Å². The van der Waals surface area contributed by atoms with E-state index in [1.54, 1.807) is 32.4 Å². The number of hydrogen-bond acceptors (Lipinski definition) is 4. The van der Waals surface area contributed by atoms with Crippen molar-refractivity contribution in [2.45, 2.75) is 33.1 Å². The minimum atomic E-state index is -0.238. The molecule has 0 radical (unpaired) electrons. The molecule has 5 nitrogen and oxygen atoms in total. The Morgan fingerprint density at radius 1 is 0.962 bits per heavy atom. The molecule has 140 valence electrons. The molecule has 26 heavy (non-hydrogen) atoms. The number of carbonyl (C=O) groups is 1. The van der Waals surface area contributed by atoms with Crippen LogP contribution in [0.4, 0.5) is 5.69 Å². The fraction of sp³-hybridized carbons (Fsp3) is 0.381. The summed E-state index contributed by atoms with van der Waals surface area (Å²) in [4.78, 5) is 12.3. The van der Waals surface area contributed by atoms with Crippen LogP contribution in [0.25, 0.3) is 0 Å². The fourth-order valence-electron chi connectivity index (χ4n) is 2.61. The van der Waals surface area contributed by atoms with Gasteiger partial charge < -0.3 is 19.5 Å². The van der Waals surface area contributed by atoms with Crippen molar-refractivity contribution < 1.29 is 19.0 Å². The van der Waals surface area contributed by atoms with E-state index < -0.39 is 0 Å². The summed E-state index contributed by atoms with van der Waals surface area (Å²) in [7, 11) is 3.12. The van der Waals surface area contributed by atoms with Crippen LogP contribution < -0.4 is 19.5 Å². The lowest BCUT2D eigenvalue weighted by molar-refractivity contribution is -0.118. The lowest BCUT2D eigenvalue weighted by Crippen LogP contribution is -2.22. The Hall–Kier alpha value is -2.69. The number of nitrogens with one attached hydrogen (secondary N) is 1. The summed E-state index contributed by atoms with van der Waals surface area (Å²) in [5.41, 5.74) is 2.80. The number of carbonyl (C=O) groups excluding carboxylic acids is 1. The van der Waals surface area contributed by atoms with Crippen molar-refractivity contribution >= 4 is 11.6 Å². The quantitative estimate of drug-likeness (QED) is 0.836. The van der Waals surface area contributed by atoms with Crippen LogP contribution in [0.3, 0.4) is 0 Å². The van der Waals surface area contributed by atoms with Crippen LogP contribution in [0.5, 0.6) is 17.2 Å². The van der Waals surface area contributed by atoms with Gasteiger partial charge in [-0.2, -0.15) is 0 Å². The van der Waals surface area contributed by atoms with Gasteiger partial charge in [0.2, 0.25) is 0 Å². The van der Waals surface area contributed by atoms with Gasteiger partial charge in [-0.15, -0.1) is 0 Å². The first-order valence-electron chi connectivity index (χ1n) is 8.50. The van der Waals surface area contributed by atoms with Gasteiger partial charge in [0.25, 0.3) is 5.91 Å². The van der Waals surface area contributed by atoms with E-state index in [9.17, 15) is 4.79 Å². The molecule has 0 heterocycles. The Labute approximate surface area is 155 Å². The highest BCUT2D eigenvalue weighted by Crippen LogP contribution is 2.32. The molecule has 2 aromatic rings. The zero-order chi connectivity index (χ0) is 19.3. The van der Waals surface area contributed by atoms with E-state index in [1.807, 2.05) is 19.1 Å².